The Kier molecular flexibility index (Phi) is 4.89. The minimum Gasteiger partial charge on any atom is -0.315 e. The predicted octanol–water partition coefficient (Wildman–Crippen LogP) is 2.98. The van der Waals surface area contributed by atoms with Gasteiger partial charge in [-0.2, -0.15) is 5.10 Å². The Bertz CT molecular complexity index is 683. The van der Waals surface area contributed by atoms with Crippen molar-refractivity contribution in [2.75, 3.05) is 0 Å². The molecule has 1 N–H and O–H groups in total. The summed E-state index contributed by atoms with van der Waals surface area (Å²) in [6.45, 7) is 5.57. The first kappa shape index (κ1) is 14.7. The van der Waals surface area contributed by atoms with Crippen LogP contribution in [0.25, 0.3) is 11.4 Å². The lowest BCUT2D eigenvalue weighted by molar-refractivity contribution is 0.587. The molecule has 0 amide bonds. The third-order valence-electron chi connectivity index (χ3n) is 3.34. The van der Waals surface area contributed by atoms with Crippen LogP contribution in [0.5, 0.6) is 0 Å². The summed E-state index contributed by atoms with van der Waals surface area (Å²) in [7, 11) is 0. The Morgan fingerprint density at radius 2 is 2.15 bits per heavy atom. The average Bonchev–Trinajstić information content (AvgIpc) is 2.82. The van der Waals surface area contributed by atoms with Crippen molar-refractivity contribution in [3.8, 4) is 11.4 Å². The number of hydrogen-bond acceptors (Lipinski definition) is 3. The highest BCUT2D eigenvalue weighted by molar-refractivity contribution is 7.71. The summed E-state index contributed by atoms with van der Waals surface area (Å²) in [5.41, 5.74) is 0.588. The first-order chi connectivity index (χ1) is 9.69. The van der Waals surface area contributed by atoms with Crippen LogP contribution >= 0.6 is 12.2 Å². The van der Waals surface area contributed by atoms with E-state index in [4.69, 9.17) is 12.2 Å². The van der Waals surface area contributed by atoms with Gasteiger partial charge in [0.25, 0.3) is 5.56 Å². The van der Waals surface area contributed by atoms with E-state index in [-0.39, 0.29) is 5.56 Å². The molecule has 0 radical (unpaired) electrons. The van der Waals surface area contributed by atoms with Crippen molar-refractivity contribution in [3.63, 3.8) is 0 Å². The molecule has 0 unspecified atom stereocenters. The molecule has 20 heavy (non-hydrogen) atoms. The van der Waals surface area contributed by atoms with Crippen LogP contribution in [0.1, 0.15) is 33.1 Å². The fourth-order valence-corrected chi connectivity index (χ4v) is 2.49. The number of hydrogen-bond donors (Lipinski definition) is 1. The van der Waals surface area contributed by atoms with E-state index in [1.54, 1.807) is 10.6 Å². The summed E-state index contributed by atoms with van der Waals surface area (Å²) in [5, 5.41) is 6.94. The number of aryl methyl sites for hydroxylation is 1. The molecule has 108 valence electrons. The van der Waals surface area contributed by atoms with Crippen LogP contribution in [-0.2, 0) is 13.1 Å². The molecule has 0 saturated carbocycles. The predicted molar refractivity (Wildman–Crippen MR) is 82.3 cm³/mol. The zero-order chi connectivity index (χ0) is 14.5. The zero-order valence-electron chi connectivity index (χ0n) is 11.9. The smallest absolute Gasteiger partial charge is 0.261 e. The van der Waals surface area contributed by atoms with Gasteiger partial charge in [-0.1, -0.05) is 19.8 Å². The Morgan fingerprint density at radius 1 is 1.35 bits per heavy atom. The van der Waals surface area contributed by atoms with Crippen LogP contribution in [0, 0.1) is 4.77 Å². The lowest BCUT2D eigenvalue weighted by atomic mass is 10.2. The van der Waals surface area contributed by atoms with Crippen LogP contribution in [0.3, 0.4) is 0 Å². The molecular formula is C14H20N4OS. The van der Waals surface area contributed by atoms with Crippen molar-refractivity contribution < 1.29 is 0 Å². The average molecular weight is 292 g/mol. The van der Waals surface area contributed by atoms with Crippen molar-refractivity contribution in [1.82, 2.24) is 19.3 Å². The van der Waals surface area contributed by atoms with Crippen molar-refractivity contribution in [2.45, 2.75) is 46.2 Å². The number of aromatic amines is 1. The molecule has 0 aliphatic heterocycles. The zero-order valence-corrected chi connectivity index (χ0v) is 12.7. The standard InChI is InChI=1S/C14H20N4OS/c1-3-5-6-9-17-10-7-8-11(13(17)19)12-15-16-14(20)18(12)4-2/h7-8,10H,3-6,9H2,1-2H3,(H,16,20). The minimum atomic E-state index is -0.00713. The Hall–Kier alpha value is -1.69. The molecule has 2 aromatic heterocycles. The normalized spacial score (nSPS) is 10.9. The second kappa shape index (κ2) is 6.65. The van der Waals surface area contributed by atoms with Gasteiger partial charge in [0.2, 0.25) is 0 Å². The molecule has 0 aliphatic rings. The summed E-state index contributed by atoms with van der Waals surface area (Å²) in [6.07, 6.45) is 5.12. The molecule has 2 heterocycles. The van der Waals surface area contributed by atoms with E-state index in [1.165, 1.54) is 0 Å². The summed E-state index contributed by atoms with van der Waals surface area (Å²) < 4.78 is 4.13. The molecule has 2 rings (SSSR count). The minimum absolute atomic E-state index is 0.00713. The van der Waals surface area contributed by atoms with Gasteiger partial charge in [-0.05, 0) is 37.7 Å². The third-order valence-corrected chi connectivity index (χ3v) is 3.65. The summed E-state index contributed by atoms with van der Waals surface area (Å²) in [6, 6.07) is 3.69. The van der Waals surface area contributed by atoms with Gasteiger partial charge in [0.05, 0.1) is 5.56 Å². The van der Waals surface area contributed by atoms with E-state index in [0.29, 0.717) is 22.7 Å². The highest BCUT2D eigenvalue weighted by Gasteiger charge is 2.12. The van der Waals surface area contributed by atoms with Crippen LogP contribution < -0.4 is 5.56 Å². The van der Waals surface area contributed by atoms with Gasteiger partial charge in [0, 0.05) is 19.3 Å². The van der Waals surface area contributed by atoms with Gasteiger partial charge in [0.15, 0.2) is 10.6 Å². The number of unbranched alkanes of at least 4 members (excludes halogenated alkanes) is 2. The van der Waals surface area contributed by atoms with Crippen LogP contribution in [0.4, 0.5) is 0 Å². The number of pyridine rings is 1. The van der Waals surface area contributed by atoms with Crippen LogP contribution in [0.15, 0.2) is 23.1 Å². The monoisotopic (exact) mass is 292 g/mol. The second-order valence-electron chi connectivity index (χ2n) is 4.72. The SMILES string of the molecule is CCCCCn1cccc(-c2n[nH]c(=S)n2CC)c1=O. The van der Waals surface area contributed by atoms with Gasteiger partial charge in [-0.15, -0.1) is 0 Å². The second-order valence-corrected chi connectivity index (χ2v) is 5.11. The molecule has 2 aromatic rings. The molecular weight excluding hydrogens is 272 g/mol. The van der Waals surface area contributed by atoms with Crippen molar-refractivity contribution >= 4 is 12.2 Å². The first-order valence-corrected chi connectivity index (χ1v) is 7.44. The van der Waals surface area contributed by atoms with Gasteiger partial charge in [-0.3, -0.25) is 9.89 Å². The molecule has 0 spiro atoms. The topological polar surface area (TPSA) is 55.6 Å². The van der Waals surface area contributed by atoms with E-state index < -0.39 is 0 Å². The maximum Gasteiger partial charge on any atom is 0.261 e. The van der Waals surface area contributed by atoms with Gasteiger partial charge in [-0.25, -0.2) is 0 Å². The number of aromatic nitrogens is 4. The quantitative estimate of drug-likeness (QED) is 0.658. The number of rotatable bonds is 6. The number of nitrogens with zero attached hydrogens (tertiary/aromatic N) is 3. The largest absolute Gasteiger partial charge is 0.315 e. The molecule has 0 fully saturated rings. The Morgan fingerprint density at radius 3 is 2.85 bits per heavy atom. The molecule has 6 heteroatoms. The molecule has 0 aromatic carbocycles. The van der Waals surface area contributed by atoms with E-state index >= 15 is 0 Å². The van der Waals surface area contributed by atoms with Crippen LogP contribution in [-0.4, -0.2) is 19.3 Å². The van der Waals surface area contributed by atoms with Crippen LogP contribution in [0.2, 0.25) is 0 Å². The molecule has 0 atom stereocenters. The number of H-pyrrole nitrogens is 1. The van der Waals surface area contributed by atoms with Crippen molar-refractivity contribution in [2.24, 2.45) is 0 Å². The lowest BCUT2D eigenvalue weighted by Gasteiger charge is -2.08. The highest BCUT2D eigenvalue weighted by atomic mass is 32.1. The molecule has 5 nitrogen and oxygen atoms in total. The van der Waals surface area contributed by atoms with Gasteiger partial charge in [0.1, 0.15) is 0 Å². The molecule has 0 saturated heterocycles. The summed E-state index contributed by atoms with van der Waals surface area (Å²) in [5.74, 6) is 0.618. The molecule has 0 bridgehead atoms. The summed E-state index contributed by atoms with van der Waals surface area (Å²) in [4.78, 5) is 12.5. The Labute approximate surface area is 123 Å². The maximum atomic E-state index is 12.5. The van der Waals surface area contributed by atoms with E-state index in [9.17, 15) is 4.79 Å². The number of nitrogens with one attached hydrogen (secondary N) is 1. The summed E-state index contributed by atoms with van der Waals surface area (Å²) >= 11 is 5.17. The van der Waals surface area contributed by atoms with Crippen molar-refractivity contribution in [3.05, 3.63) is 33.5 Å². The van der Waals surface area contributed by atoms with E-state index in [0.717, 1.165) is 25.8 Å². The fraction of sp³-hybridized carbons (Fsp3) is 0.500. The fourth-order valence-electron chi connectivity index (χ4n) is 2.23. The lowest BCUT2D eigenvalue weighted by Crippen LogP contribution is -2.22. The molecule has 0 aliphatic carbocycles. The Balaban J connectivity index is 2.40. The first-order valence-electron chi connectivity index (χ1n) is 7.04. The van der Waals surface area contributed by atoms with Gasteiger partial charge < -0.3 is 9.13 Å². The van der Waals surface area contributed by atoms with Crippen molar-refractivity contribution in [1.29, 1.82) is 0 Å². The maximum absolute atomic E-state index is 12.5. The third kappa shape index (κ3) is 2.90. The van der Waals surface area contributed by atoms with E-state index in [1.807, 2.05) is 23.8 Å². The van der Waals surface area contributed by atoms with Gasteiger partial charge >= 0.3 is 0 Å². The van der Waals surface area contributed by atoms with E-state index in [2.05, 4.69) is 17.1 Å². The highest BCUT2D eigenvalue weighted by Crippen LogP contribution is 2.12.